The summed E-state index contributed by atoms with van der Waals surface area (Å²) in [5.74, 6) is 0. The summed E-state index contributed by atoms with van der Waals surface area (Å²) in [5, 5.41) is 0. The van der Waals surface area contributed by atoms with Gasteiger partial charge in [0.1, 0.15) is 0 Å². The third-order valence-corrected chi connectivity index (χ3v) is 5.55. The Labute approximate surface area is 113 Å². The summed E-state index contributed by atoms with van der Waals surface area (Å²) in [6, 6.07) is 0.889. The maximum Gasteiger partial charge on any atom is 0.0223 e. The fourth-order valence-corrected chi connectivity index (χ4v) is 4.53. The highest BCUT2D eigenvalue weighted by Gasteiger charge is 2.33. The van der Waals surface area contributed by atoms with Gasteiger partial charge >= 0.3 is 0 Å². The van der Waals surface area contributed by atoms with Gasteiger partial charge in [-0.15, -0.1) is 0 Å². The van der Waals surface area contributed by atoms with E-state index in [9.17, 15) is 0 Å². The molecule has 0 radical (unpaired) electrons. The lowest BCUT2D eigenvalue weighted by Crippen LogP contribution is -2.42. The molecule has 0 aromatic rings. The minimum Gasteiger partial charge on any atom is -0.301 e. The van der Waals surface area contributed by atoms with E-state index in [1.54, 1.807) is 0 Å². The normalized spacial score (nSPS) is 34.2. The first-order valence-corrected chi connectivity index (χ1v) is 8.22. The van der Waals surface area contributed by atoms with Crippen molar-refractivity contribution in [3.8, 4) is 0 Å². The molecule has 2 heteroatoms. The molecule has 1 saturated carbocycles. The SMILES string of the molecule is CC1(CN2CCCN3CCCC3C2)CCCCC1. The topological polar surface area (TPSA) is 6.48 Å². The summed E-state index contributed by atoms with van der Waals surface area (Å²) in [5.41, 5.74) is 0.631. The van der Waals surface area contributed by atoms with Crippen LogP contribution in [0.2, 0.25) is 0 Å². The molecule has 0 aromatic carbocycles. The first-order valence-electron chi connectivity index (χ1n) is 8.22. The summed E-state index contributed by atoms with van der Waals surface area (Å²) >= 11 is 0. The van der Waals surface area contributed by atoms with Crippen molar-refractivity contribution in [2.24, 2.45) is 5.41 Å². The van der Waals surface area contributed by atoms with Crippen LogP contribution in [0.1, 0.15) is 58.3 Å². The van der Waals surface area contributed by atoms with Gasteiger partial charge in [0.15, 0.2) is 0 Å². The Kier molecular flexibility index (Phi) is 3.95. The zero-order valence-corrected chi connectivity index (χ0v) is 12.2. The molecule has 1 aliphatic carbocycles. The average molecular weight is 250 g/mol. The number of rotatable bonds is 2. The van der Waals surface area contributed by atoms with E-state index in [0.29, 0.717) is 5.41 Å². The van der Waals surface area contributed by atoms with E-state index in [1.165, 1.54) is 84.1 Å². The molecule has 3 rings (SSSR count). The van der Waals surface area contributed by atoms with Crippen LogP contribution < -0.4 is 0 Å². The van der Waals surface area contributed by atoms with Crippen LogP contribution in [0.4, 0.5) is 0 Å². The van der Waals surface area contributed by atoms with E-state index in [4.69, 9.17) is 0 Å². The summed E-state index contributed by atoms with van der Waals surface area (Å²) in [6.07, 6.45) is 11.6. The molecule has 0 N–H and O–H groups in total. The molecule has 0 amide bonds. The monoisotopic (exact) mass is 250 g/mol. The van der Waals surface area contributed by atoms with Gasteiger partial charge in [0, 0.05) is 19.1 Å². The number of fused-ring (bicyclic) bond motifs is 1. The van der Waals surface area contributed by atoms with E-state index >= 15 is 0 Å². The molecule has 2 heterocycles. The van der Waals surface area contributed by atoms with Crippen LogP contribution in [0.5, 0.6) is 0 Å². The number of hydrogen-bond donors (Lipinski definition) is 0. The van der Waals surface area contributed by atoms with Gasteiger partial charge in [-0.2, -0.15) is 0 Å². The predicted molar refractivity (Wildman–Crippen MR) is 76.8 cm³/mol. The fourth-order valence-electron chi connectivity index (χ4n) is 4.53. The highest BCUT2D eigenvalue weighted by molar-refractivity contribution is 4.88. The van der Waals surface area contributed by atoms with Crippen LogP contribution in [0, 0.1) is 5.41 Å². The van der Waals surface area contributed by atoms with Crippen molar-refractivity contribution in [3.05, 3.63) is 0 Å². The van der Waals surface area contributed by atoms with Crippen molar-refractivity contribution in [3.63, 3.8) is 0 Å². The van der Waals surface area contributed by atoms with Crippen molar-refractivity contribution in [1.29, 1.82) is 0 Å². The second-order valence-electron chi connectivity index (χ2n) is 7.29. The first kappa shape index (κ1) is 12.9. The second kappa shape index (κ2) is 5.50. The first-order chi connectivity index (χ1) is 8.75. The quantitative estimate of drug-likeness (QED) is 0.743. The van der Waals surface area contributed by atoms with E-state index < -0.39 is 0 Å². The molecule has 3 fully saturated rings. The molecule has 3 aliphatic rings. The smallest absolute Gasteiger partial charge is 0.0223 e. The highest BCUT2D eigenvalue weighted by atomic mass is 15.3. The van der Waals surface area contributed by atoms with E-state index in [-0.39, 0.29) is 0 Å². The third kappa shape index (κ3) is 2.91. The van der Waals surface area contributed by atoms with Gasteiger partial charge in [0.05, 0.1) is 0 Å². The van der Waals surface area contributed by atoms with Gasteiger partial charge in [0.2, 0.25) is 0 Å². The van der Waals surface area contributed by atoms with Crippen molar-refractivity contribution in [1.82, 2.24) is 9.80 Å². The van der Waals surface area contributed by atoms with Crippen molar-refractivity contribution >= 4 is 0 Å². The van der Waals surface area contributed by atoms with Gasteiger partial charge in [-0.25, -0.2) is 0 Å². The zero-order valence-electron chi connectivity index (χ0n) is 12.2. The Morgan fingerprint density at radius 1 is 0.944 bits per heavy atom. The Bertz CT molecular complexity index is 270. The molecule has 104 valence electrons. The lowest BCUT2D eigenvalue weighted by atomic mass is 9.75. The summed E-state index contributed by atoms with van der Waals surface area (Å²) in [7, 11) is 0. The molecule has 2 saturated heterocycles. The van der Waals surface area contributed by atoms with Crippen molar-refractivity contribution < 1.29 is 0 Å². The average Bonchev–Trinajstić information content (AvgIpc) is 2.69. The van der Waals surface area contributed by atoms with Crippen molar-refractivity contribution in [2.75, 3.05) is 32.7 Å². The van der Waals surface area contributed by atoms with E-state index in [2.05, 4.69) is 16.7 Å². The predicted octanol–water partition coefficient (Wildman–Crippen LogP) is 3.13. The highest BCUT2D eigenvalue weighted by Crippen LogP contribution is 2.37. The van der Waals surface area contributed by atoms with Gasteiger partial charge in [-0.1, -0.05) is 26.2 Å². The molecular formula is C16H30N2. The molecule has 1 atom stereocenters. The fraction of sp³-hybridized carbons (Fsp3) is 1.00. The van der Waals surface area contributed by atoms with Crippen LogP contribution in [0.25, 0.3) is 0 Å². The zero-order chi connectivity index (χ0) is 12.4. The Morgan fingerprint density at radius 2 is 1.72 bits per heavy atom. The minimum absolute atomic E-state index is 0.631. The van der Waals surface area contributed by atoms with Crippen LogP contribution in [0.3, 0.4) is 0 Å². The molecule has 2 aliphatic heterocycles. The van der Waals surface area contributed by atoms with Crippen molar-refractivity contribution in [2.45, 2.75) is 64.3 Å². The molecular weight excluding hydrogens is 220 g/mol. The van der Waals surface area contributed by atoms with Crippen LogP contribution >= 0.6 is 0 Å². The second-order valence-corrected chi connectivity index (χ2v) is 7.29. The van der Waals surface area contributed by atoms with Crippen LogP contribution in [0.15, 0.2) is 0 Å². The summed E-state index contributed by atoms with van der Waals surface area (Å²) < 4.78 is 0. The third-order valence-electron chi connectivity index (χ3n) is 5.55. The maximum atomic E-state index is 2.81. The lowest BCUT2D eigenvalue weighted by molar-refractivity contribution is 0.114. The Morgan fingerprint density at radius 3 is 2.56 bits per heavy atom. The molecule has 1 unspecified atom stereocenters. The molecule has 0 bridgehead atoms. The Hall–Kier alpha value is -0.0800. The number of hydrogen-bond acceptors (Lipinski definition) is 2. The van der Waals surface area contributed by atoms with E-state index in [0.717, 1.165) is 6.04 Å². The summed E-state index contributed by atoms with van der Waals surface area (Å²) in [6.45, 7) is 9.35. The lowest BCUT2D eigenvalue weighted by Gasteiger charge is -2.38. The molecule has 0 aromatic heterocycles. The van der Waals surface area contributed by atoms with Crippen LogP contribution in [-0.4, -0.2) is 48.6 Å². The van der Waals surface area contributed by atoms with Gasteiger partial charge in [-0.05, 0) is 57.2 Å². The largest absolute Gasteiger partial charge is 0.301 e. The minimum atomic E-state index is 0.631. The maximum absolute atomic E-state index is 2.81. The number of nitrogens with zero attached hydrogens (tertiary/aromatic N) is 2. The van der Waals surface area contributed by atoms with Gasteiger partial charge < -0.3 is 4.90 Å². The molecule has 2 nitrogen and oxygen atoms in total. The molecule has 0 spiro atoms. The van der Waals surface area contributed by atoms with E-state index in [1.807, 2.05) is 0 Å². The summed E-state index contributed by atoms with van der Waals surface area (Å²) in [4.78, 5) is 5.56. The Balaban J connectivity index is 1.58. The van der Waals surface area contributed by atoms with Crippen LogP contribution in [-0.2, 0) is 0 Å². The van der Waals surface area contributed by atoms with Gasteiger partial charge in [-0.3, -0.25) is 4.90 Å². The molecule has 18 heavy (non-hydrogen) atoms. The van der Waals surface area contributed by atoms with Gasteiger partial charge in [0.25, 0.3) is 0 Å². The standard InChI is InChI=1S/C16H30N2/c1-16(8-3-2-4-9-16)14-17-10-6-12-18-11-5-7-15(18)13-17/h15H,2-14H2,1H3.